The van der Waals surface area contributed by atoms with Crippen LogP contribution in [-0.2, 0) is 4.79 Å². The lowest BCUT2D eigenvalue weighted by Gasteiger charge is -2.35. The topological polar surface area (TPSA) is 41.1 Å². The molecular formula is C5H8F2N2O. The van der Waals surface area contributed by atoms with E-state index in [1.54, 1.807) is 0 Å². The zero-order valence-corrected chi connectivity index (χ0v) is 5.45. The first-order valence-corrected chi connectivity index (χ1v) is 2.91. The summed E-state index contributed by atoms with van der Waals surface area (Å²) in [4.78, 5) is 10.6. The van der Waals surface area contributed by atoms with E-state index >= 15 is 0 Å². The molecule has 1 rings (SSSR count). The van der Waals surface area contributed by atoms with Gasteiger partial charge >= 0.3 is 0 Å². The normalized spacial score (nSPS) is 28.9. The summed E-state index contributed by atoms with van der Waals surface area (Å²) in [5.74, 6) is -3.52. The Labute approximate surface area is 56.8 Å². The summed E-state index contributed by atoms with van der Waals surface area (Å²) in [6, 6.07) is -1.32. The molecule has 0 aromatic carbocycles. The molecular weight excluding hydrogens is 142 g/mol. The van der Waals surface area contributed by atoms with Gasteiger partial charge in [0, 0.05) is 7.05 Å². The largest absolute Gasteiger partial charge is 0.358 e. The van der Waals surface area contributed by atoms with E-state index in [9.17, 15) is 13.6 Å². The van der Waals surface area contributed by atoms with Gasteiger partial charge in [0.25, 0.3) is 5.92 Å². The fourth-order valence-corrected chi connectivity index (χ4v) is 0.787. The van der Waals surface area contributed by atoms with Gasteiger partial charge in [0.2, 0.25) is 5.91 Å². The highest BCUT2D eigenvalue weighted by molar-refractivity contribution is 5.83. The van der Waals surface area contributed by atoms with Crippen molar-refractivity contribution < 1.29 is 13.6 Å². The highest BCUT2D eigenvalue weighted by Crippen LogP contribution is 2.25. The zero-order valence-electron chi connectivity index (χ0n) is 5.45. The molecule has 1 heterocycles. The molecule has 0 bridgehead atoms. The summed E-state index contributed by atoms with van der Waals surface area (Å²) in [5, 5.41) is 4.47. The third-order valence-electron chi connectivity index (χ3n) is 1.47. The predicted molar refractivity (Wildman–Crippen MR) is 30.8 cm³/mol. The third kappa shape index (κ3) is 0.965. The second kappa shape index (κ2) is 2.16. The van der Waals surface area contributed by atoms with E-state index in [-0.39, 0.29) is 0 Å². The minimum atomic E-state index is -2.86. The maximum atomic E-state index is 12.3. The van der Waals surface area contributed by atoms with Crippen molar-refractivity contribution in [2.45, 2.75) is 12.0 Å². The van der Waals surface area contributed by atoms with Crippen LogP contribution >= 0.6 is 0 Å². The highest BCUT2D eigenvalue weighted by atomic mass is 19.3. The van der Waals surface area contributed by atoms with Crippen LogP contribution in [0.25, 0.3) is 0 Å². The Kier molecular flexibility index (Phi) is 1.60. The van der Waals surface area contributed by atoms with Crippen LogP contribution in [0.2, 0.25) is 0 Å². The standard InChI is InChI=1S/C5H8F2N2O/c1-8-4(10)3-5(6,7)2-9-3/h3,9H,2H2,1H3,(H,8,10). The number of likely N-dealkylation sites (N-methyl/N-ethyl adjacent to an activating group) is 1. The number of rotatable bonds is 1. The van der Waals surface area contributed by atoms with Crippen molar-refractivity contribution >= 4 is 5.91 Å². The van der Waals surface area contributed by atoms with Gasteiger partial charge in [-0.15, -0.1) is 0 Å². The Morgan fingerprint density at radius 2 is 2.40 bits per heavy atom. The van der Waals surface area contributed by atoms with E-state index in [0.29, 0.717) is 0 Å². The average molecular weight is 150 g/mol. The smallest absolute Gasteiger partial charge is 0.284 e. The Hall–Kier alpha value is -0.710. The summed E-state index contributed by atoms with van der Waals surface area (Å²) >= 11 is 0. The van der Waals surface area contributed by atoms with Gasteiger partial charge in [-0.05, 0) is 0 Å². The van der Waals surface area contributed by atoms with Crippen LogP contribution in [0, 0.1) is 0 Å². The van der Waals surface area contributed by atoms with Gasteiger partial charge in [0.1, 0.15) is 0 Å². The molecule has 10 heavy (non-hydrogen) atoms. The number of carbonyl (C=O) groups is 1. The SMILES string of the molecule is CNC(=O)C1NCC1(F)F. The molecule has 58 valence electrons. The number of carbonyl (C=O) groups excluding carboxylic acids is 1. The number of hydrogen-bond donors (Lipinski definition) is 2. The molecule has 1 amide bonds. The molecule has 1 aliphatic heterocycles. The van der Waals surface area contributed by atoms with Crippen LogP contribution in [0.1, 0.15) is 0 Å². The molecule has 1 unspecified atom stereocenters. The van der Waals surface area contributed by atoms with Crippen LogP contribution in [0.4, 0.5) is 8.78 Å². The van der Waals surface area contributed by atoms with Crippen molar-refractivity contribution in [1.82, 2.24) is 10.6 Å². The van der Waals surface area contributed by atoms with Crippen molar-refractivity contribution in [3.63, 3.8) is 0 Å². The van der Waals surface area contributed by atoms with Crippen LogP contribution in [0.5, 0.6) is 0 Å². The second-order valence-electron chi connectivity index (χ2n) is 2.19. The summed E-state index contributed by atoms with van der Waals surface area (Å²) in [5.41, 5.74) is 0. The van der Waals surface area contributed by atoms with Gasteiger partial charge < -0.3 is 5.32 Å². The van der Waals surface area contributed by atoms with Gasteiger partial charge in [-0.2, -0.15) is 0 Å². The molecule has 1 aliphatic rings. The molecule has 1 atom stereocenters. The van der Waals surface area contributed by atoms with Crippen LogP contribution in [0.15, 0.2) is 0 Å². The lowest BCUT2D eigenvalue weighted by Crippen LogP contribution is -2.68. The predicted octanol–water partition coefficient (Wildman–Crippen LogP) is -0.661. The second-order valence-corrected chi connectivity index (χ2v) is 2.19. The number of nitrogens with one attached hydrogen (secondary N) is 2. The van der Waals surface area contributed by atoms with E-state index in [1.807, 2.05) is 0 Å². The van der Waals surface area contributed by atoms with Crippen molar-refractivity contribution in [3.05, 3.63) is 0 Å². The van der Waals surface area contributed by atoms with Gasteiger partial charge in [-0.1, -0.05) is 0 Å². The van der Waals surface area contributed by atoms with E-state index in [0.717, 1.165) is 0 Å². The number of halogens is 2. The van der Waals surface area contributed by atoms with Gasteiger partial charge in [-0.25, -0.2) is 8.78 Å². The molecule has 0 aliphatic carbocycles. The van der Waals surface area contributed by atoms with E-state index in [4.69, 9.17) is 0 Å². The van der Waals surface area contributed by atoms with Crippen LogP contribution in [-0.4, -0.2) is 31.5 Å². The Morgan fingerprint density at radius 3 is 2.50 bits per heavy atom. The fraction of sp³-hybridized carbons (Fsp3) is 0.800. The first kappa shape index (κ1) is 7.40. The first-order valence-electron chi connectivity index (χ1n) is 2.91. The molecule has 2 N–H and O–H groups in total. The summed E-state index contributed by atoms with van der Waals surface area (Å²) in [6.07, 6.45) is 0. The molecule has 0 spiro atoms. The monoisotopic (exact) mass is 150 g/mol. The third-order valence-corrected chi connectivity index (χ3v) is 1.47. The van der Waals surface area contributed by atoms with Gasteiger partial charge in [0.05, 0.1) is 6.54 Å². The van der Waals surface area contributed by atoms with Gasteiger partial charge in [-0.3, -0.25) is 10.1 Å². The number of hydrogen-bond acceptors (Lipinski definition) is 2. The number of amides is 1. The lowest BCUT2D eigenvalue weighted by molar-refractivity contribution is -0.146. The zero-order chi connectivity index (χ0) is 7.78. The Bertz CT molecular complexity index is 160. The van der Waals surface area contributed by atoms with Crippen LogP contribution < -0.4 is 10.6 Å². The Morgan fingerprint density at radius 1 is 1.80 bits per heavy atom. The van der Waals surface area contributed by atoms with E-state index in [2.05, 4.69) is 10.6 Å². The van der Waals surface area contributed by atoms with Crippen molar-refractivity contribution in [2.75, 3.05) is 13.6 Å². The summed E-state index contributed by atoms with van der Waals surface area (Å²) < 4.78 is 24.6. The van der Waals surface area contributed by atoms with E-state index < -0.39 is 24.4 Å². The molecule has 0 aromatic heterocycles. The molecule has 0 radical (unpaired) electrons. The first-order chi connectivity index (χ1) is 4.58. The molecule has 3 nitrogen and oxygen atoms in total. The maximum Gasteiger partial charge on any atom is 0.284 e. The van der Waals surface area contributed by atoms with Crippen molar-refractivity contribution in [1.29, 1.82) is 0 Å². The van der Waals surface area contributed by atoms with E-state index in [1.165, 1.54) is 7.05 Å². The van der Waals surface area contributed by atoms with Gasteiger partial charge in [0.15, 0.2) is 6.04 Å². The quantitative estimate of drug-likeness (QED) is 0.521. The molecule has 1 fully saturated rings. The molecule has 1 saturated heterocycles. The minimum Gasteiger partial charge on any atom is -0.358 e. The summed E-state index contributed by atoms with van der Waals surface area (Å²) in [6.45, 7) is -0.398. The fourth-order valence-electron chi connectivity index (χ4n) is 0.787. The molecule has 0 aromatic rings. The van der Waals surface area contributed by atoms with Crippen molar-refractivity contribution in [2.24, 2.45) is 0 Å². The molecule has 5 heteroatoms. The Balaban J connectivity index is 2.51. The number of alkyl halides is 2. The van der Waals surface area contributed by atoms with Crippen molar-refractivity contribution in [3.8, 4) is 0 Å². The maximum absolute atomic E-state index is 12.3. The highest BCUT2D eigenvalue weighted by Gasteiger charge is 2.52. The minimum absolute atomic E-state index is 0.398. The van der Waals surface area contributed by atoms with Crippen LogP contribution in [0.3, 0.4) is 0 Å². The summed E-state index contributed by atoms with van der Waals surface area (Å²) in [7, 11) is 1.33. The lowest BCUT2D eigenvalue weighted by atomic mass is 10.0. The molecule has 0 saturated carbocycles. The average Bonchev–Trinajstić information content (AvgIpc) is 1.86.